The van der Waals surface area contributed by atoms with E-state index in [1.54, 1.807) is 30.3 Å². The van der Waals surface area contributed by atoms with Crippen molar-refractivity contribution in [3.63, 3.8) is 0 Å². The van der Waals surface area contributed by atoms with E-state index in [9.17, 15) is 9.59 Å². The van der Waals surface area contributed by atoms with Gasteiger partial charge in [0.15, 0.2) is 0 Å². The Hall–Kier alpha value is -4.40. The fourth-order valence-electron chi connectivity index (χ4n) is 5.16. The van der Waals surface area contributed by atoms with Crippen molar-refractivity contribution in [3.05, 3.63) is 137 Å². The van der Waals surface area contributed by atoms with Crippen molar-refractivity contribution in [1.29, 1.82) is 0 Å². The first-order chi connectivity index (χ1) is 19.2. The number of imide groups is 1. The lowest BCUT2D eigenvalue weighted by molar-refractivity contribution is 0.0926. The van der Waals surface area contributed by atoms with Crippen LogP contribution in [0.3, 0.4) is 0 Å². The second-order valence-electron chi connectivity index (χ2n) is 9.44. The van der Waals surface area contributed by atoms with Crippen molar-refractivity contribution < 1.29 is 9.59 Å². The lowest BCUT2D eigenvalue weighted by Crippen LogP contribution is -2.29. The van der Waals surface area contributed by atoms with Gasteiger partial charge in [0.25, 0.3) is 11.8 Å². The number of hydrazone groups is 1. The van der Waals surface area contributed by atoms with Gasteiger partial charge in [-0.05, 0) is 35.4 Å². The molecule has 0 aliphatic carbocycles. The monoisotopic (exact) mass is 606 g/mol. The standard InChI is InChI=1S/C32H22N4O2S.BrH/c37-30-25-16-7-8-17-26(25)31(38)35(30)24-15-9-14-23(18-24)28-20-39-32(33-28)36-29(22-12-5-2-6-13-22)19-27(34-36)21-10-3-1-4-11-21;/h1-18,20,29H,19H2;1H. The number of carbonyl (C=O) groups excluding carboxylic acids is 2. The molecule has 0 fully saturated rings. The Labute approximate surface area is 246 Å². The van der Waals surface area contributed by atoms with E-state index < -0.39 is 0 Å². The summed E-state index contributed by atoms with van der Waals surface area (Å²) in [5, 5.41) is 9.81. The summed E-state index contributed by atoms with van der Waals surface area (Å²) in [5.41, 5.74) is 6.28. The van der Waals surface area contributed by atoms with Crippen molar-refractivity contribution in [2.75, 3.05) is 9.91 Å². The third-order valence-electron chi connectivity index (χ3n) is 7.08. The van der Waals surface area contributed by atoms with E-state index in [-0.39, 0.29) is 34.8 Å². The third-order valence-corrected chi connectivity index (χ3v) is 7.91. The summed E-state index contributed by atoms with van der Waals surface area (Å²) in [4.78, 5) is 32.2. The van der Waals surface area contributed by atoms with Crippen LogP contribution in [0.2, 0.25) is 0 Å². The van der Waals surface area contributed by atoms with Gasteiger partial charge >= 0.3 is 0 Å². The molecule has 1 atom stereocenters. The number of halogens is 1. The summed E-state index contributed by atoms with van der Waals surface area (Å²) in [6.45, 7) is 0. The van der Waals surface area contributed by atoms with Gasteiger partial charge in [0.2, 0.25) is 5.13 Å². The van der Waals surface area contributed by atoms with E-state index in [0.29, 0.717) is 16.8 Å². The number of benzene rings is 4. The molecule has 1 aromatic heterocycles. The molecular formula is C32H23BrN4O2S. The Morgan fingerprint density at radius 3 is 2.05 bits per heavy atom. The number of amides is 2. The Bertz CT molecular complexity index is 1720. The van der Waals surface area contributed by atoms with Crippen LogP contribution in [0.4, 0.5) is 10.8 Å². The minimum Gasteiger partial charge on any atom is -0.268 e. The van der Waals surface area contributed by atoms with Gasteiger partial charge in [-0.3, -0.25) is 9.59 Å². The molecule has 196 valence electrons. The minimum absolute atomic E-state index is 0. The van der Waals surface area contributed by atoms with Gasteiger partial charge in [0, 0.05) is 17.4 Å². The molecule has 2 aliphatic heterocycles. The molecule has 5 aromatic rings. The molecule has 3 heterocycles. The lowest BCUT2D eigenvalue weighted by Gasteiger charge is -2.21. The maximum absolute atomic E-state index is 13.0. The maximum atomic E-state index is 13.0. The molecule has 0 spiro atoms. The number of thiazole rings is 1. The van der Waals surface area contributed by atoms with Crippen molar-refractivity contribution in [1.82, 2.24) is 4.98 Å². The molecule has 0 bridgehead atoms. The zero-order chi connectivity index (χ0) is 26.3. The summed E-state index contributed by atoms with van der Waals surface area (Å²) in [6, 6.07) is 35.0. The predicted octanol–water partition coefficient (Wildman–Crippen LogP) is 7.54. The summed E-state index contributed by atoms with van der Waals surface area (Å²) < 4.78 is 0. The summed E-state index contributed by atoms with van der Waals surface area (Å²) in [5.74, 6) is -0.616. The highest BCUT2D eigenvalue weighted by atomic mass is 79.9. The molecular weight excluding hydrogens is 584 g/mol. The molecule has 6 nitrogen and oxygen atoms in total. The zero-order valence-electron chi connectivity index (χ0n) is 21.2. The van der Waals surface area contributed by atoms with Crippen LogP contribution in [0.15, 0.2) is 120 Å². The topological polar surface area (TPSA) is 65.9 Å². The lowest BCUT2D eigenvalue weighted by atomic mass is 9.99. The Kier molecular flexibility index (Phi) is 6.88. The first kappa shape index (κ1) is 25.9. The number of rotatable bonds is 5. The van der Waals surface area contributed by atoms with E-state index in [4.69, 9.17) is 10.1 Å². The molecule has 0 saturated heterocycles. The quantitative estimate of drug-likeness (QED) is 0.194. The first-order valence-corrected chi connectivity index (χ1v) is 13.6. The van der Waals surface area contributed by atoms with Crippen LogP contribution >= 0.6 is 28.3 Å². The van der Waals surface area contributed by atoms with Gasteiger partial charge in [0.1, 0.15) is 0 Å². The zero-order valence-corrected chi connectivity index (χ0v) is 23.7. The van der Waals surface area contributed by atoms with Gasteiger partial charge in [-0.15, -0.1) is 28.3 Å². The molecule has 7 rings (SSSR count). The number of aromatic nitrogens is 1. The molecule has 4 aromatic carbocycles. The number of carbonyl (C=O) groups is 2. The van der Waals surface area contributed by atoms with Crippen LogP contribution in [-0.2, 0) is 0 Å². The maximum Gasteiger partial charge on any atom is 0.266 e. The fourth-order valence-corrected chi connectivity index (χ4v) is 5.99. The molecule has 0 N–H and O–H groups in total. The summed E-state index contributed by atoms with van der Waals surface area (Å²) >= 11 is 1.53. The normalized spacial score (nSPS) is 16.1. The number of nitrogens with zero attached hydrogens (tertiary/aromatic N) is 4. The molecule has 0 saturated carbocycles. The highest BCUT2D eigenvalue weighted by molar-refractivity contribution is 8.93. The van der Waals surface area contributed by atoms with Crippen LogP contribution in [-0.4, -0.2) is 22.5 Å². The number of hydrogen-bond acceptors (Lipinski definition) is 6. The van der Waals surface area contributed by atoms with E-state index in [1.165, 1.54) is 21.8 Å². The molecule has 1 unspecified atom stereocenters. The smallest absolute Gasteiger partial charge is 0.266 e. The second kappa shape index (κ2) is 10.6. The fraction of sp³-hybridized carbons (Fsp3) is 0.0625. The number of anilines is 2. The van der Waals surface area contributed by atoms with Crippen molar-refractivity contribution >= 4 is 56.7 Å². The van der Waals surface area contributed by atoms with Gasteiger partial charge in [-0.1, -0.05) is 84.9 Å². The Morgan fingerprint density at radius 2 is 1.35 bits per heavy atom. The largest absolute Gasteiger partial charge is 0.268 e. The number of fused-ring (bicyclic) bond motifs is 1. The van der Waals surface area contributed by atoms with Crippen molar-refractivity contribution in [2.24, 2.45) is 5.10 Å². The van der Waals surface area contributed by atoms with Crippen LogP contribution in [0.1, 0.15) is 44.3 Å². The summed E-state index contributed by atoms with van der Waals surface area (Å²) in [7, 11) is 0. The van der Waals surface area contributed by atoms with Crippen LogP contribution < -0.4 is 9.91 Å². The SMILES string of the molecule is Br.O=C1c2ccccc2C(=O)N1c1cccc(-c2csc(N3N=C(c4ccccc4)CC3c3ccccc3)n2)c1. The van der Waals surface area contributed by atoms with Crippen LogP contribution in [0, 0.1) is 0 Å². The first-order valence-electron chi connectivity index (χ1n) is 12.7. The third kappa shape index (κ3) is 4.45. The molecule has 0 radical (unpaired) electrons. The van der Waals surface area contributed by atoms with Gasteiger partial charge in [-0.25, -0.2) is 14.9 Å². The van der Waals surface area contributed by atoms with Crippen molar-refractivity contribution in [2.45, 2.75) is 12.5 Å². The molecule has 2 amide bonds. The van der Waals surface area contributed by atoms with Crippen LogP contribution in [0.25, 0.3) is 11.3 Å². The Morgan fingerprint density at radius 1 is 0.725 bits per heavy atom. The highest BCUT2D eigenvalue weighted by Crippen LogP contribution is 2.40. The van der Waals surface area contributed by atoms with E-state index in [2.05, 4.69) is 24.3 Å². The minimum atomic E-state index is -0.308. The molecule has 2 aliphatic rings. The van der Waals surface area contributed by atoms with E-state index in [0.717, 1.165) is 34.1 Å². The molecule has 8 heteroatoms. The van der Waals surface area contributed by atoms with Gasteiger partial charge < -0.3 is 0 Å². The summed E-state index contributed by atoms with van der Waals surface area (Å²) in [6.07, 6.45) is 0.776. The van der Waals surface area contributed by atoms with E-state index in [1.807, 2.05) is 65.0 Å². The average Bonchev–Trinajstić information content (AvgIpc) is 3.71. The Balaban J connectivity index is 0.00000289. The molecule has 40 heavy (non-hydrogen) atoms. The second-order valence-corrected chi connectivity index (χ2v) is 10.3. The van der Waals surface area contributed by atoms with E-state index >= 15 is 0 Å². The average molecular weight is 608 g/mol. The van der Waals surface area contributed by atoms with Crippen LogP contribution in [0.5, 0.6) is 0 Å². The van der Waals surface area contributed by atoms with Crippen molar-refractivity contribution in [3.8, 4) is 11.3 Å². The predicted molar refractivity (Wildman–Crippen MR) is 165 cm³/mol. The highest BCUT2D eigenvalue weighted by Gasteiger charge is 2.36. The van der Waals surface area contributed by atoms with Gasteiger partial charge in [-0.2, -0.15) is 5.10 Å². The number of hydrogen-bond donors (Lipinski definition) is 0. The van der Waals surface area contributed by atoms with Gasteiger partial charge in [0.05, 0.1) is 34.3 Å².